The van der Waals surface area contributed by atoms with Crippen molar-refractivity contribution in [1.82, 2.24) is 4.90 Å². The zero-order valence-corrected chi connectivity index (χ0v) is 15.8. The van der Waals surface area contributed by atoms with Gasteiger partial charge in [0.25, 0.3) is 0 Å². The average molecular weight is 349 g/mol. The Kier molecular flexibility index (Phi) is 5.42. The molecule has 0 radical (unpaired) electrons. The molecule has 4 nitrogen and oxygen atoms in total. The molecule has 1 aromatic carbocycles. The molecule has 6 heteroatoms. The van der Waals surface area contributed by atoms with Crippen LogP contribution in [0.1, 0.15) is 40.5 Å². The summed E-state index contributed by atoms with van der Waals surface area (Å²) in [5.74, 6) is 0.865. The van der Waals surface area contributed by atoms with Crippen LogP contribution < -0.4 is 10.2 Å². The van der Waals surface area contributed by atoms with E-state index in [0.717, 1.165) is 37.1 Å². The summed E-state index contributed by atoms with van der Waals surface area (Å²) in [6.07, 6.45) is 2.09. The quantitative estimate of drug-likeness (QED) is 0.765. The first-order valence-corrected chi connectivity index (χ1v) is 9.21. The highest BCUT2D eigenvalue weighted by Crippen LogP contribution is 2.36. The van der Waals surface area contributed by atoms with Crippen LogP contribution in [-0.4, -0.2) is 55.6 Å². The van der Waals surface area contributed by atoms with E-state index < -0.39 is 0 Å². The predicted molar refractivity (Wildman–Crippen MR) is 98.2 cm³/mol. The van der Waals surface area contributed by atoms with Crippen molar-refractivity contribution in [2.24, 2.45) is 0 Å². The third-order valence-corrected chi connectivity index (χ3v) is 5.64. The summed E-state index contributed by atoms with van der Waals surface area (Å²) in [5, 5.41) is 0. The van der Waals surface area contributed by atoms with Crippen LogP contribution >= 0.6 is 0 Å². The average Bonchev–Trinajstić information content (AvgIpc) is 2.78. The molecule has 0 aliphatic carbocycles. The minimum absolute atomic E-state index is 0.207. The Bertz CT molecular complexity index is 555. The van der Waals surface area contributed by atoms with Crippen LogP contribution in [0.4, 0.5) is 4.39 Å². The van der Waals surface area contributed by atoms with E-state index in [0.29, 0.717) is 6.54 Å². The Hall–Kier alpha value is -1.11. The molecule has 0 saturated carbocycles. The van der Waals surface area contributed by atoms with Gasteiger partial charge in [-0.15, -0.1) is 0 Å². The van der Waals surface area contributed by atoms with Crippen molar-refractivity contribution < 1.29 is 18.4 Å². The van der Waals surface area contributed by atoms with E-state index >= 15 is 0 Å². The van der Waals surface area contributed by atoms with Gasteiger partial charge in [-0.1, -0.05) is 12.1 Å². The number of hydrogen-bond donors (Lipinski definition) is 0. The minimum atomic E-state index is -0.344. The smallest absolute Gasteiger partial charge is 0.490 e. The number of benzene rings is 1. The molecule has 25 heavy (non-hydrogen) atoms. The van der Waals surface area contributed by atoms with E-state index in [9.17, 15) is 4.39 Å². The fourth-order valence-corrected chi connectivity index (χ4v) is 3.25. The topological polar surface area (TPSA) is 30.9 Å². The van der Waals surface area contributed by atoms with Gasteiger partial charge in [0, 0.05) is 19.6 Å². The second kappa shape index (κ2) is 7.26. The maximum atomic E-state index is 12.4. The molecule has 2 aliphatic heterocycles. The standard InChI is InChI=1S/C19H29BFNO3/c1-18(2)19(3,4)25-20(24-18)15-5-7-16(8-6-15)23-17-9-12-22(13-10-17)14-11-21/h5-8,17H,9-14H2,1-4H3. The zero-order valence-electron chi connectivity index (χ0n) is 15.8. The summed E-state index contributed by atoms with van der Waals surface area (Å²) in [7, 11) is -0.344. The summed E-state index contributed by atoms with van der Waals surface area (Å²) in [6, 6.07) is 7.98. The molecule has 3 rings (SSSR count). The lowest BCUT2D eigenvalue weighted by atomic mass is 9.79. The monoisotopic (exact) mass is 349 g/mol. The van der Waals surface area contributed by atoms with Gasteiger partial charge in [0.05, 0.1) is 11.2 Å². The number of halogens is 1. The fourth-order valence-electron chi connectivity index (χ4n) is 3.25. The third-order valence-electron chi connectivity index (χ3n) is 5.64. The lowest BCUT2D eigenvalue weighted by Crippen LogP contribution is -2.41. The number of rotatable bonds is 5. The lowest BCUT2D eigenvalue weighted by Gasteiger charge is -2.32. The summed E-state index contributed by atoms with van der Waals surface area (Å²) >= 11 is 0. The Balaban J connectivity index is 1.55. The second-order valence-corrected chi connectivity index (χ2v) is 8.01. The molecule has 0 N–H and O–H groups in total. The molecule has 0 atom stereocenters. The van der Waals surface area contributed by atoms with E-state index in [1.54, 1.807) is 0 Å². The van der Waals surface area contributed by atoms with Gasteiger partial charge in [-0.2, -0.15) is 0 Å². The van der Waals surface area contributed by atoms with Crippen molar-refractivity contribution >= 4 is 12.6 Å². The Labute approximate surface area is 150 Å². The largest absolute Gasteiger partial charge is 0.494 e. The van der Waals surface area contributed by atoms with Gasteiger partial charge in [0.1, 0.15) is 18.5 Å². The third kappa shape index (κ3) is 4.18. The molecular weight excluding hydrogens is 320 g/mol. The zero-order chi connectivity index (χ0) is 18.1. The highest BCUT2D eigenvalue weighted by molar-refractivity contribution is 6.62. The second-order valence-electron chi connectivity index (χ2n) is 8.01. The van der Waals surface area contributed by atoms with Crippen molar-refractivity contribution in [3.63, 3.8) is 0 Å². The molecular formula is C19H29BFNO3. The Morgan fingerprint density at radius 3 is 2.16 bits per heavy atom. The molecule has 2 saturated heterocycles. The fraction of sp³-hybridized carbons (Fsp3) is 0.684. The molecule has 0 bridgehead atoms. The van der Waals surface area contributed by atoms with E-state index in [1.165, 1.54) is 0 Å². The minimum Gasteiger partial charge on any atom is -0.490 e. The van der Waals surface area contributed by atoms with Crippen LogP contribution in [0.5, 0.6) is 5.75 Å². The molecule has 1 aromatic rings. The number of likely N-dealkylation sites (tertiary alicyclic amines) is 1. The number of piperidine rings is 1. The van der Waals surface area contributed by atoms with Gasteiger partial charge in [-0.3, -0.25) is 0 Å². The SMILES string of the molecule is CC1(C)OB(c2ccc(OC3CCN(CCF)CC3)cc2)OC1(C)C. The van der Waals surface area contributed by atoms with Crippen molar-refractivity contribution in [3.8, 4) is 5.75 Å². The molecule has 0 aromatic heterocycles. The predicted octanol–water partition coefficient (Wildman–Crippen LogP) is 2.80. The van der Waals surface area contributed by atoms with Crippen molar-refractivity contribution in [2.45, 2.75) is 57.8 Å². The van der Waals surface area contributed by atoms with Crippen LogP contribution in [0.15, 0.2) is 24.3 Å². The van der Waals surface area contributed by atoms with Crippen LogP contribution in [0.3, 0.4) is 0 Å². The molecule has 0 spiro atoms. The Morgan fingerprint density at radius 2 is 1.64 bits per heavy atom. The van der Waals surface area contributed by atoms with Crippen LogP contribution in [0.25, 0.3) is 0 Å². The van der Waals surface area contributed by atoms with Crippen molar-refractivity contribution in [1.29, 1.82) is 0 Å². The van der Waals surface area contributed by atoms with Gasteiger partial charge >= 0.3 is 7.12 Å². The first kappa shape index (κ1) is 18.7. The van der Waals surface area contributed by atoms with Crippen molar-refractivity contribution in [3.05, 3.63) is 24.3 Å². The number of nitrogens with zero attached hydrogens (tertiary/aromatic N) is 1. The van der Waals surface area contributed by atoms with E-state index in [1.807, 2.05) is 24.3 Å². The number of ether oxygens (including phenoxy) is 1. The van der Waals surface area contributed by atoms with Crippen LogP contribution in [0.2, 0.25) is 0 Å². The molecule has 2 aliphatic rings. The van der Waals surface area contributed by atoms with Crippen LogP contribution in [0, 0.1) is 0 Å². The first-order chi connectivity index (χ1) is 11.8. The van der Waals surface area contributed by atoms with Gasteiger partial charge in [0.15, 0.2) is 0 Å². The summed E-state index contributed by atoms with van der Waals surface area (Å²) < 4.78 is 30.6. The first-order valence-electron chi connectivity index (χ1n) is 9.21. The highest BCUT2D eigenvalue weighted by Gasteiger charge is 2.51. The van der Waals surface area contributed by atoms with E-state index in [4.69, 9.17) is 14.0 Å². The summed E-state index contributed by atoms with van der Waals surface area (Å²) in [4.78, 5) is 2.15. The number of alkyl halides is 1. The normalized spacial score (nSPS) is 23.8. The Morgan fingerprint density at radius 1 is 1.08 bits per heavy atom. The van der Waals surface area contributed by atoms with Gasteiger partial charge in [0.2, 0.25) is 0 Å². The van der Waals surface area contributed by atoms with E-state index in [2.05, 4.69) is 32.6 Å². The summed E-state index contributed by atoms with van der Waals surface area (Å²) in [5.41, 5.74) is 0.338. The molecule has 0 amide bonds. The maximum Gasteiger partial charge on any atom is 0.494 e. The number of hydrogen-bond acceptors (Lipinski definition) is 4. The summed E-state index contributed by atoms with van der Waals surface area (Å²) in [6.45, 7) is 10.3. The molecule has 2 heterocycles. The lowest BCUT2D eigenvalue weighted by molar-refractivity contribution is 0.00578. The van der Waals surface area contributed by atoms with Gasteiger partial charge < -0.3 is 18.9 Å². The van der Waals surface area contributed by atoms with Gasteiger partial charge in [-0.05, 0) is 58.1 Å². The molecule has 0 unspecified atom stereocenters. The maximum absolute atomic E-state index is 12.4. The van der Waals surface area contributed by atoms with Gasteiger partial charge in [-0.25, -0.2) is 4.39 Å². The van der Waals surface area contributed by atoms with Crippen molar-refractivity contribution in [2.75, 3.05) is 26.3 Å². The van der Waals surface area contributed by atoms with E-state index in [-0.39, 0.29) is 31.1 Å². The molecule has 2 fully saturated rings. The van der Waals surface area contributed by atoms with Crippen LogP contribution in [-0.2, 0) is 9.31 Å². The molecule has 138 valence electrons. The highest BCUT2D eigenvalue weighted by atomic mass is 19.1.